The lowest BCUT2D eigenvalue weighted by atomic mass is 9.94. The minimum Gasteiger partial charge on any atom is -0.443 e. The van der Waals surface area contributed by atoms with Crippen molar-refractivity contribution in [3.8, 4) is 0 Å². The molecule has 1 aromatic rings. The van der Waals surface area contributed by atoms with Gasteiger partial charge in [0.25, 0.3) is 0 Å². The molecule has 1 atom stereocenters. The molecule has 1 aromatic carbocycles. The van der Waals surface area contributed by atoms with Gasteiger partial charge in [0.1, 0.15) is 17.5 Å². The number of anilines is 2. The second-order valence-corrected chi connectivity index (χ2v) is 11.5. The highest BCUT2D eigenvalue weighted by Crippen LogP contribution is 2.26. The maximum absolute atomic E-state index is 14.9. The molecule has 210 valence electrons. The van der Waals surface area contributed by atoms with E-state index in [-0.39, 0.29) is 24.1 Å². The smallest absolute Gasteiger partial charge is 0.422 e. The van der Waals surface area contributed by atoms with Crippen LogP contribution in [0.5, 0.6) is 0 Å². The molecule has 0 radical (unpaired) electrons. The maximum atomic E-state index is 14.9. The van der Waals surface area contributed by atoms with Gasteiger partial charge in [-0.15, -0.1) is 0 Å². The lowest BCUT2D eigenvalue weighted by molar-refractivity contribution is -0.133. The Balaban J connectivity index is 1.16. The number of ether oxygens (including phenoxy) is 1. The average molecular weight is 533 g/mol. The van der Waals surface area contributed by atoms with E-state index in [9.17, 15) is 18.8 Å². The third-order valence-corrected chi connectivity index (χ3v) is 7.36. The summed E-state index contributed by atoms with van der Waals surface area (Å²) in [5, 5.41) is 7.29. The van der Waals surface area contributed by atoms with Crippen molar-refractivity contribution in [3.63, 3.8) is 0 Å². The highest BCUT2D eigenvalue weighted by atomic mass is 19.1. The van der Waals surface area contributed by atoms with Crippen LogP contribution in [0.15, 0.2) is 18.2 Å². The summed E-state index contributed by atoms with van der Waals surface area (Å²) in [5.74, 6) is -0.328. The molecule has 4 rings (SSSR count). The number of piperazine rings is 1. The maximum Gasteiger partial charge on any atom is 0.422 e. The predicted octanol–water partition coefficient (Wildman–Crippen LogP) is 2.71. The number of carbonyl (C=O) groups excluding carboxylic acids is 3. The summed E-state index contributed by atoms with van der Waals surface area (Å²) in [6.07, 6.45) is 3.48. The monoisotopic (exact) mass is 532 g/mol. The van der Waals surface area contributed by atoms with Gasteiger partial charge in [0.05, 0.1) is 5.69 Å². The highest BCUT2D eigenvalue weighted by Gasteiger charge is 2.27. The van der Waals surface area contributed by atoms with Crippen LogP contribution in [0.2, 0.25) is 0 Å². The number of nitrogens with zero attached hydrogens (tertiary/aromatic N) is 3. The van der Waals surface area contributed by atoms with Crippen molar-refractivity contribution in [2.45, 2.75) is 64.5 Å². The van der Waals surface area contributed by atoms with Gasteiger partial charge in [-0.25, -0.2) is 14.2 Å². The summed E-state index contributed by atoms with van der Waals surface area (Å²) >= 11 is 0. The number of hydrogen-bond acceptors (Lipinski definition) is 8. The largest absolute Gasteiger partial charge is 0.443 e. The van der Waals surface area contributed by atoms with Crippen molar-refractivity contribution in [3.05, 3.63) is 24.0 Å². The standard InChI is InChI=1S/C27H41FN6O4/c1-27(2,3)38-26(37)31-34-12-9-19(10-13-34)8-11-32-14-16-33(17-15-32)23-6-4-20(18-21(23)28)29-22-5-7-24(35)30-25(22)36/h4,6,18-19,22,29H,5,7-17H2,1-3H3,(H,31,37)(H,30,35,36)/t22-/m1/s1. The summed E-state index contributed by atoms with van der Waals surface area (Å²) in [6, 6.07) is 4.45. The zero-order valence-corrected chi connectivity index (χ0v) is 22.7. The molecule has 3 amide bonds. The number of piperidine rings is 2. The molecule has 3 N–H and O–H groups in total. The molecular weight excluding hydrogens is 491 g/mol. The van der Waals surface area contributed by atoms with Gasteiger partial charge >= 0.3 is 6.09 Å². The molecule has 0 aliphatic carbocycles. The fourth-order valence-electron chi connectivity index (χ4n) is 5.23. The third kappa shape index (κ3) is 8.04. The number of amides is 3. The zero-order valence-electron chi connectivity index (χ0n) is 22.7. The number of hydrazine groups is 1. The van der Waals surface area contributed by atoms with Crippen LogP contribution in [-0.4, -0.2) is 85.3 Å². The molecule has 10 nitrogen and oxygen atoms in total. The van der Waals surface area contributed by atoms with E-state index in [0.29, 0.717) is 23.7 Å². The number of benzene rings is 1. The Morgan fingerprint density at radius 2 is 1.79 bits per heavy atom. The van der Waals surface area contributed by atoms with Crippen molar-refractivity contribution in [1.82, 2.24) is 20.7 Å². The van der Waals surface area contributed by atoms with Crippen LogP contribution in [0.25, 0.3) is 0 Å². The van der Waals surface area contributed by atoms with E-state index < -0.39 is 17.7 Å². The van der Waals surface area contributed by atoms with Gasteiger partial charge in [-0.1, -0.05) is 0 Å². The number of imide groups is 1. The van der Waals surface area contributed by atoms with Gasteiger partial charge < -0.3 is 15.0 Å². The number of carbonyl (C=O) groups is 3. The van der Waals surface area contributed by atoms with Gasteiger partial charge in [-0.2, -0.15) is 0 Å². The second-order valence-electron chi connectivity index (χ2n) is 11.5. The predicted molar refractivity (Wildman–Crippen MR) is 143 cm³/mol. The molecule has 38 heavy (non-hydrogen) atoms. The summed E-state index contributed by atoms with van der Waals surface area (Å²) in [4.78, 5) is 39.8. The summed E-state index contributed by atoms with van der Waals surface area (Å²) in [6.45, 7) is 11.5. The van der Waals surface area contributed by atoms with Crippen molar-refractivity contribution >= 4 is 29.3 Å². The minimum absolute atomic E-state index is 0.272. The fourth-order valence-corrected chi connectivity index (χ4v) is 5.23. The first-order valence-electron chi connectivity index (χ1n) is 13.7. The van der Waals surface area contributed by atoms with Gasteiger partial charge in [-0.3, -0.25) is 25.2 Å². The third-order valence-electron chi connectivity index (χ3n) is 7.36. The van der Waals surface area contributed by atoms with Gasteiger partial charge in [0.15, 0.2) is 0 Å². The minimum atomic E-state index is -0.532. The van der Waals surface area contributed by atoms with Gasteiger partial charge in [-0.05, 0) is 77.1 Å². The van der Waals surface area contributed by atoms with Crippen LogP contribution in [-0.2, 0) is 14.3 Å². The van der Waals surface area contributed by atoms with E-state index in [1.807, 2.05) is 25.8 Å². The first-order valence-corrected chi connectivity index (χ1v) is 13.7. The summed E-state index contributed by atoms with van der Waals surface area (Å²) in [7, 11) is 0. The van der Waals surface area contributed by atoms with E-state index in [1.165, 1.54) is 6.07 Å². The summed E-state index contributed by atoms with van der Waals surface area (Å²) < 4.78 is 20.3. The van der Waals surface area contributed by atoms with E-state index in [2.05, 4.69) is 25.9 Å². The van der Waals surface area contributed by atoms with E-state index in [4.69, 9.17) is 4.74 Å². The Morgan fingerprint density at radius 1 is 1.08 bits per heavy atom. The average Bonchev–Trinajstić information content (AvgIpc) is 2.85. The highest BCUT2D eigenvalue weighted by molar-refractivity contribution is 6.01. The molecule has 3 saturated heterocycles. The second kappa shape index (κ2) is 12.3. The van der Waals surface area contributed by atoms with Crippen LogP contribution in [0.1, 0.15) is 52.9 Å². The fraction of sp³-hybridized carbons (Fsp3) is 0.667. The molecule has 3 heterocycles. The molecular formula is C27H41FN6O4. The van der Waals surface area contributed by atoms with Gasteiger partial charge in [0, 0.05) is 51.4 Å². The number of hydrogen-bond donors (Lipinski definition) is 3. The molecule has 0 unspecified atom stereocenters. The lowest BCUT2D eigenvalue weighted by Crippen LogP contribution is -2.49. The number of halogens is 1. The van der Waals surface area contributed by atoms with E-state index >= 15 is 0 Å². The van der Waals surface area contributed by atoms with Gasteiger partial charge in [0.2, 0.25) is 11.8 Å². The molecule has 0 saturated carbocycles. The molecule has 3 fully saturated rings. The van der Waals surface area contributed by atoms with Crippen molar-refractivity contribution in [1.29, 1.82) is 0 Å². The first kappa shape index (κ1) is 28.1. The number of rotatable bonds is 7. The van der Waals surface area contributed by atoms with Crippen LogP contribution in [0.4, 0.5) is 20.6 Å². The van der Waals surface area contributed by atoms with Crippen LogP contribution in [0.3, 0.4) is 0 Å². The molecule has 3 aliphatic heterocycles. The zero-order chi connectivity index (χ0) is 27.3. The van der Waals surface area contributed by atoms with E-state index in [0.717, 1.165) is 65.1 Å². The van der Waals surface area contributed by atoms with E-state index in [1.54, 1.807) is 12.1 Å². The van der Waals surface area contributed by atoms with Crippen molar-refractivity contribution in [2.75, 3.05) is 56.0 Å². The van der Waals surface area contributed by atoms with Crippen molar-refractivity contribution in [2.24, 2.45) is 5.92 Å². The molecule has 3 aliphatic rings. The summed E-state index contributed by atoms with van der Waals surface area (Å²) in [5.41, 5.74) is 3.45. The van der Waals surface area contributed by atoms with Crippen LogP contribution >= 0.6 is 0 Å². The topological polar surface area (TPSA) is 106 Å². The van der Waals surface area contributed by atoms with Crippen LogP contribution in [0, 0.1) is 11.7 Å². The quantitative estimate of drug-likeness (QED) is 0.461. The number of nitrogens with one attached hydrogen (secondary N) is 3. The SMILES string of the molecule is CC(C)(C)OC(=O)NN1CCC(CCN2CCN(c3ccc(N[C@@H]4CCC(=O)NC4=O)cc3F)CC2)CC1. The lowest BCUT2D eigenvalue weighted by Gasteiger charge is -2.38. The first-order chi connectivity index (χ1) is 18.1. The Kier molecular flexibility index (Phi) is 9.09. The molecule has 0 aromatic heterocycles. The Labute approximate surface area is 224 Å². The Morgan fingerprint density at radius 3 is 2.42 bits per heavy atom. The van der Waals surface area contributed by atoms with Crippen LogP contribution < -0.4 is 21.0 Å². The molecule has 0 bridgehead atoms. The Bertz CT molecular complexity index is 1000. The van der Waals surface area contributed by atoms with Crippen molar-refractivity contribution < 1.29 is 23.5 Å². The molecule has 0 spiro atoms. The Hall–Kier alpha value is -2.92. The normalized spacial score (nSPS) is 22.2. The molecule has 11 heteroatoms.